The van der Waals surface area contributed by atoms with Gasteiger partial charge in [0.2, 0.25) is 0 Å². The number of carbonyl (C=O) groups is 1. The molecule has 0 aliphatic heterocycles. The van der Waals surface area contributed by atoms with Gasteiger partial charge in [-0.1, -0.05) is 56.1 Å². The highest BCUT2D eigenvalue weighted by Gasteiger charge is 2.11. The Labute approximate surface area is 135 Å². The molecule has 2 aromatic rings. The van der Waals surface area contributed by atoms with Gasteiger partial charge in [0.1, 0.15) is 0 Å². The largest absolute Gasteiger partial charge is 0.346 e. The van der Waals surface area contributed by atoms with Crippen LogP contribution in [0.4, 0.5) is 0 Å². The molecule has 1 N–H and O–H groups in total. The maximum absolute atomic E-state index is 12.2. The summed E-state index contributed by atoms with van der Waals surface area (Å²) in [6.45, 7) is 1.98. The zero-order valence-corrected chi connectivity index (χ0v) is 14.2. The lowest BCUT2D eigenvalue weighted by Crippen LogP contribution is -2.26. The summed E-state index contributed by atoms with van der Waals surface area (Å²) >= 11 is 6.80. The summed E-state index contributed by atoms with van der Waals surface area (Å²) in [5, 5.41) is 3.80. The molecule has 104 valence electrons. The van der Waals surface area contributed by atoms with Crippen LogP contribution in [0.2, 0.25) is 0 Å². The van der Waals surface area contributed by atoms with Gasteiger partial charge in [-0.15, -0.1) is 0 Å². The van der Waals surface area contributed by atoms with Crippen molar-refractivity contribution in [3.8, 4) is 0 Å². The molecule has 0 aliphatic rings. The quantitative estimate of drug-likeness (QED) is 0.736. The van der Waals surface area contributed by atoms with E-state index in [0.29, 0.717) is 5.56 Å². The van der Waals surface area contributed by atoms with Crippen LogP contribution in [0, 0.1) is 0 Å². The van der Waals surface area contributed by atoms with Gasteiger partial charge in [-0.3, -0.25) is 4.79 Å². The number of carbonyl (C=O) groups excluding carboxylic acids is 1. The number of rotatable bonds is 4. The van der Waals surface area contributed by atoms with Gasteiger partial charge in [-0.05, 0) is 42.3 Å². The molecule has 4 heteroatoms. The van der Waals surface area contributed by atoms with Crippen LogP contribution in [0.5, 0.6) is 0 Å². The fraction of sp³-hybridized carbons (Fsp3) is 0.188. The van der Waals surface area contributed by atoms with Crippen LogP contribution in [0.25, 0.3) is 0 Å². The average Bonchev–Trinajstić information content (AvgIpc) is 2.48. The fourth-order valence-corrected chi connectivity index (χ4v) is 2.50. The molecule has 0 radical (unpaired) electrons. The SMILES string of the molecule is C[C@H](NC(=O)c1ccc(CBr)cc1)c1ccc(Br)cc1. The third-order valence-electron chi connectivity index (χ3n) is 3.09. The number of amides is 1. The fourth-order valence-electron chi connectivity index (χ4n) is 1.86. The van der Waals surface area contributed by atoms with E-state index in [0.717, 1.165) is 20.9 Å². The van der Waals surface area contributed by atoms with E-state index in [2.05, 4.69) is 37.2 Å². The van der Waals surface area contributed by atoms with Gasteiger partial charge in [-0.2, -0.15) is 0 Å². The number of halogens is 2. The van der Waals surface area contributed by atoms with Crippen LogP contribution in [-0.4, -0.2) is 5.91 Å². The minimum atomic E-state index is -0.0541. The smallest absolute Gasteiger partial charge is 0.251 e. The maximum atomic E-state index is 12.2. The summed E-state index contributed by atoms with van der Waals surface area (Å²) in [5.74, 6) is -0.0541. The second kappa shape index (κ2) is 7.04. The van der Waals surface area contributed by atoms with Crippen molar-refractivity contribution >= 4 is 37.8 Å². The van der Waals surface area contributed by atoms with E-state index in [1.54, 1.807) is 0 Å². The van der Waals surface area contributed by atoms with Crippen molar-refractivity contribution in [3.05, 3.63) is 69.7 Å². The third kappa shape index (κ3) is 3.93. The molecule has 2 rings (SSSR count). The van der Waals surface area contributed by atoms with E-state index in [9.17, 15) is 4.79 Å². The van der Waals surface area contributed by atoms with E-state index in [1.165, 1.54) is 0 Å². The van der Waals surface area contributed by atoms with Crippen LogP contribution in [-0.2, 0) is 5.33 Å². The molecule has 0 saturated carbocycles. The van der Waals surface area contributed by atoms with Gasteiger partial charge < -0.3 is 5.32 Å². The second-order valence-corrected chi connectivity index (χ2v) is 6.05. The van der Waals surface area contributed by atoms with Crippen molar-refractivity contribution in [1.29, 1.82) is 0 Å². The number of benzene rings is 2. The lowest BCUT2D eigenvalue weighted by atomic mass is 10.1. The van der Waals surface area contributed by atoms with Crippen LogP contribution in [0.1, 0.15) is 34.5 Å². The zero-order valence-electron chi connectivity index (χ0n) is 11.1. The summed E-state index contributed by atoms with van der Waals surface area (Å²) in [5.41, 5.74) is 2.92. The third-order valence-corrected chi connectivity index (χ3v) is 4.26. The van der Waals surface area contributed by atoms with Crippen molar-refractivity contribution in [3.63, 3.8) is 0 Å². The first-order valence-electron chi connectivity index (χ1n) is 6.31. The van der Waals surface area contributed by atoms with Gasteiger partial charge in [0.15, 0.2) is 0 Å². The highest BCUT2D eigenvalue weighted by molar-refractivity contribution is 9.10. The molecule has 0 heterocycles. The van der Waals surface area contributed by atoms with Crippen molar-refractivity contribution in [2.24, 2.45) is 0 Å². The van der Waals surface area contributed by atoms with E-state index in [1.807, 2.05) is 55.5 Å². The first kappa shape index (κ1) is 15.3. The normalized spacial score (nSPS) is 11.9. The molecule has 0 saturated heterocycles. The lowest BCUT2D eigenvalue weighted by Gasteiger charge is -2.14. The number of alkyl halides is 1. The van der Waals surface area contributed by atoms with Crippen LogP contribution in [0.15, 0.2) is 53.0 Å². The van der Waals surface area contributed by atoms with Gasteiger partial charge in [0.25, 0.3) is 5.91 Å². The monoisotopic (exact) mass is 395 g/mol. The molecular weight excluding hydrogens is 382 g/mol. The molecule has 0 bridgehead atoms. The van der Waals surface area contributed by atoms with Crippen LogP contribution < -0.4 is 5.32 Å². The molecule has 0 fully saturated rings. The van der Waals surface area contributed by atoms with Crippen LogP contribution in [0.3, 0.4) is 0 Å². The summed E-state index contributed by atoms with van der Waals surface area (Å²) in [4.78, 5) is 12.2. The standard InChI is InChI=1S/C16H15Br2NO/c1-11(13-6-8-15(18)9-7-13)19-16(20)14-4-2-12(10-17)3-5-14/h2-9,11H,10H2,1H3,(H,19,20)/t11-/m0/s1. The predicted octanol–water partition coefficient (Wildman–Crippen LogP) is 4.84. The molecule has 20 heavy (non-hydrogen) atoms. The molecule has 2 nitrogen and oxygen atoms in total. The Hall–Kier alpha value is -1.13. The Morgan fingerprint density at radius 3 is 2.25 bits per heavy atom. The Morgan fingerprint density at radius 1 is 1.10 bits per heavy atom. The lowest BCUT2D eigenvalue weighted by molar-refractivity contribution is 0.0940. The van der Waals surface area contributed by atoms with Crippen molar-refractivity contribution in [1.82, 2.24) is 5.32 Å². The van der Waals surface area contributed by atoms with Gasteiger partial charge >= 0.3 is 0 Å². The van der Waals surface area contributed by atoms with Gasteiger partial charge in [0, 0.05) is 15.4 Å². The molecule has 2 aromatic carbocycles. The number of nitrogens with one attached hydrogen (secondary N) is 1. The summed E-state index contributed by atoms with van der Waals surface area (Å²) in [7, 11) is 0. The van der Waals surface area contributed by atoms with Crippen LogP contribution >= 0.6 is 31.9 Å². The first-order valence-corrected chi connectivity index (χ1v) is 8.23. The van der Waals surface area contributed by atoms with Gasteiger partial charge in [-0.25, -0.2) is 0 Å². The number of hydrogen-bond donors (Lipinski definition) is 1. The maximum Gasteiger partial charge on any atom is 0.251 e. The highest BCUT2D eigenvalue weighted by Crippen LogP contribution is 2.17. The van der Waals surface area contributed by atoms with Crippen molar-refractivity contribution in [2.75, 3.05) is 0 Å². The van der Waals surface area contributed by atoms with E-state index in [-0.39, 0.29) is 11.9 Å². The molecule has 1 amide bonds. The Kier molecular flexibility index (Phi) is 5.38. The second-order valence-electron chi connectivity index (χ2n) is 4.58. The number of hydrogen-bond acceptors (Lipinski definition) is 1. The minimum Gasteiger partial charge on any atom is -0.346 e. The van der Waals surface area contributed by atoms with E-state index >= 15 is 0 Å². The molecule has 0 unspecified atom stereocenters. The molecule has 1 atom stereocenters. The average molecular weight is 397 g/mol. The highest BCUT2D eigenvalue weighted by atomic mass is 79.9. The van der Waals surface area contributed by atoms with Crippen molar-refractivity contribution < 1.29 is 4.79 Å². The topological polar surface area (TPSA) is 29.1 Å². The summed E-state index contributed by atoms with van der Waals surface area (Å²) in [6, 6.07) is 15.5. The van der Waals surface area contributed by atoms with E-state index < -0.39 is 0 Å². The Bertz CT molecular complexity index is 578. The molecule has 0 spiro atoms. The molecule has 0 aliphatic carbocycles. The predicted molar refractivity (Wildman–Crippen MR) is 89.1 cm³/mol. The Balaban J connectivity index is 2.04. The van der Waals surface area contributed by atoms with E-state index in [4.69, 9.17) is 0 Å². The molecular formula is C16H15Br2NO. The van der Waals surface area contributed by atoms with Crippen molar-refractivity contribution in [2.45, 2.75) is 18.3 Å². The first-order chi connectivity index (χ1) is 9.60. The zero-order chi connectivity index (χ0) is 14.5. The summed E-state index contributed by atoms with van der Waals surface area (Å²) < 4.78 is 1.03. The minimum absolute atomic E-state index is 0.0218. The van der Waals surface area contributed by atoms with Gasteiger partial charge in [0.05, 0.1) is 6.04 Å². The molecule has 0 aromatic heterocycles. The Morgan fingerprint density at radius 2 is 1.70 bits per heavy atom. The summed E-state index contributed by atoms with van der Waals surface area (Å²) in [6.07, 6.45) is 0.